The van der Waals surface area contributed by atoms with Gasteiger partial charge in [0.15, 0.2) is 0 Å². The van der Waals surface area contributed by atoms with Gasteiger partial charge in [0.05, 0.1) is 46.7 Å². The smallest absolute Gasteiger partial charge is 0.505 e. The van der Waals surface area contributed by atoms with Crippen molar-refractivity contribution in [1.82, 2.24) is 9.13 Å². The molecule has 2 aromatic heterocycles. The van der Waals surface area contributed by atoms with Crippen molar-refractivity contribution in [3.05, 3.63) is 196 Å². The monoisotopic (exact) mass is 958 g/mol. The number of phenolic OH excluding ortho intramolecular Hbond substituents is 2. The normalized spacial score (nSPS) is 14.7. The van der Waals surface area contributed by atoms with Crippen LogP contribution >= 0.6 is 0 Å². The van der Waals surface area contributed by atoms with Crippen LogP contribution in [0.3, 0.4) is 0 Å². The van der Waals surface area contributed by atoms with Gasteiger partial charge in [-0.15, -0.1) is 0 Å². The van der Waals surface area contributed by atoms with Gasteiger partial charge < -0.3 is 43.7 Å². The number of nitrogens with zero attached hydrogens (tertiary/aromatic N) is 2. The van der Waals surface area contributed by atoms with Gasteiger partial charge in [-0.3, -0.25) is 0 Å². The Balaban J connectivity index is 0.00000203. The van der Waals surface area contributed by atoms with E-state index >= 15 is 0 Å². The molecule has 2 N–H and O–H groups in total. The van der Waals surface area contributed by atoms with E-state index in [1.165, 1.54) is 0 Å². The predicted octanol–water partition coefficient (Wildman–Crippen LogP) is 15.4. The van der Waals surface area contributed by atoms with Crippen LogP contribution in [0.2, 0.25) is 0 Å². The third kappa shape index (κ3) is 8.44. The summed E-state index contributed by atoms with van der Waals surface area (Å²) in [5.74, 6) is 2.50. The third-order valence-electron chi connectivity index (χ3n) is 13.4. The van der Waals surface area contributed by atoms with Crippen LogP contribution < -0.4 is 9.47 Å². The summed E-state index contributed by atoms with van der Waals surface area (Å²) in [6.07, 6.45) is 4.39. The minimum absolute atomic E-state index is 0. The zero-order valence-electron chi connectivity index (χ0n) is 38.7. The molecule has 1 saturated carbocycles. The van der Waals surface area contributed by atoms with Crippen LogP contribution in [-0.2, 0) is 26.2 Å². The number of ether oxygens (including phenoxy) is 2. The van der Waals surface area contributed by atoms with Crippen molar-refractivity contribution in [3.63, 3.8) is 0 Å². The maximum Gasteiger partial charge on any atom is 2.00 e. The summed E-state index contributed by atoms with van der Waals surface area (Å²) >= 11 is 0. The van der Waals surface area contributed by atoms with E-state index in [9.17, 15) is 10.2 Å². The van der Waals surface area contributed by atoms with Gasteiger partial charge in [0.25, 0.3) is 0 Å². The van der Waals surface area contributed by atoms with Crippen molar-refractivity contribution in [1.29, 1.82) is 0 Å². The number of hydrogen-bond acceptors (Lipinski definition) is 4. The van der Waals surface area contributed by atoms with Gasteiger partial charge in [0.2, 0.25) is 0 Å². The number of aromatic hydroxyl groups is 2. The zero-order chi connectivity index (χ0) is 43.3. The molecule has 0 spiro atoms. The number of benzene rings is 8. The van der Waals surface area contributed by atoms with E-state index in [2.05, 4.69) is 144 Å². The summed E-state index contributed by atoms with van der Waals surface area (Å²) in [5, 5.41) is 29.0. The Labute approximate surface area is 413 Å². The van der Waals surface area contributed by atoms with Crippen molar-refractivity contribution >= 4 is 43.6 Å². The van der Waals surface area contributed by atoms with Crippen LogP contribution in [0, 0.1) is 40.5 Å². The molecule has 10 aromatic rings. The molecule has 0 unspecified atom stereocenters. The number of aryl methyl sites for hydroxylation is 2. The van der Waals surface area contributed by atoms with Crippen molar-refractivity contribution in [3.8, 4) is 56.6 Å². The molecule has 0 saturated heterocycles. The Morgan fingerprint density at radius 2 is 0.746 bits per heavy atom. The van der Waals surface area contributed by atoms with Crippen molar-refractivity contribution in [2.45, 2.75) is 39.5 Å². The molecule has 1 aliphatic rings. The maximum atomic E-state index is 12.2. The minimum atomic E-state index is 0. The number of para-hydroxylation sites is 6. The molecule has 0 radical (unpaired) electrons. The van der Waals surface area contributed by atoms with E-state index < -0.39 is 0 Å². The van der Waals surface area contributed by atoms with Crippen LogP contribution in [0.4, 0.5) is 0 Å². The topological polar surface area (TPSA) is 68.8 Å². The van der Waals surface area contributed by atoms with Crippen molar-refractivity contribution in [2.75, 3.05) is 13.2 Å². The number of fused-ring (bicyclic) bond motifs is 6. The molecule has 1 aliphatic carbocycles. The molecule has 334 valence electrons. The molecule has 0 aliphatic heterocycles. The van der Waals surface area contributed by atoms with E-state index in [1.54, 1.807) is 0 Å². The van der Waals surface area contributed by atoms with Crippen LogP contribution in [-0.4, -0.2) is 32.6 Å². The maximum absolute atomic E-state index is 12.2. The molecule has 0 amide bonds. The fourth-order valence-corrected chi connectivity index (χ4v) is 10.4. The molecule has 6 nitrogen and oxygen atoms in total. The van der Waals surface area contributed by atoms with Crippen molar-refractivity contribution < 1.29 is 45.9 Å². The van der Waals surface area contributed by atoms with E-state index in [0.717, 1.165) is 126 Å². The molecule has 7 heteroatoms. The first-order chi connectivity index (χ1) is 31.4. The van der Waals surface area contributed by atoms with Crippen LogP contribution in [0.25, 0.3) is 77.2 Å². The molecule has 1 fully saturated rings. The molecule has 2 atom stereocenters. The molecule has 67 heavy (non-hydrogen) atoms. The van der Waals surface area contributed by atoms with Gasteiger partial charge in [-0.2, -0.15) is 0 Å². The Morgan fingerprint density at radius 3 is 1.10 bits per heavy atom. The SMILES string of the molecule is Cc1cc(-c2ccccc2OC[C@@H]2CCCC[C@H]2COc2ccccc2-c2cc(C)cc(-n3c4ccccc4c4ccccc43)c2O)c(O)c(-n2c3ccccc3c3ccccc32)c1.[CH3-].[CH3-].[Zr+2]. The first-order valence-corrected chi connectivity index (χ1v) is 22.5. The van der Waals surface area contributed by atoms with Gasteiger partial charge in [0.1, 0.15) is 23.0 Å². The summed E-state index contributed by atoms with van der Waals surface area (Å²) < 4.78 is 18.0. The number of rotatable bonds is 10. The fraction of sp³-hybridized carbons (Fsp3) is 0.167. The number of aromatic nitrogens is 2. The molecular formula is C60H56N2O4Zr. The van der Waals surface area contributed by atoms with Gasteiger partial charge in [0, 0.05) is 43.8 Å². The first kappa shape index (κ1) is 47.0. The average Bonchev–Trinajstić information content (AvgIpc) is 3.85. The fourth-order valence-electron chi connectivity index (χ4n) is 10.4. The summed E-state index contributed by atoms with van der Waals surface area (Å²) in [6.45, 7) is 5.25. The van der Waals surface area contributed by atoms with E-state index in [1.807, 2.05) is 48.5 Å². The quantitative estimate of drug-likeness (QED) is 0.134. The second-order valence-electron chi connectivity index (χ2n) is 17.5. The van der Waals surface area contributed by atoms with Crippen molar-refractivity contribution in [2.24, 2.45) is 11.8 Å². The van der Waals surface area contributed by atoms with Gasteiger partial charge in [-0.25, -0.2) is 0 Å². The largest absolute Gasteiger partial charge is 2.00 e. The predicted molar refractivity (Wildman–Crippen MR) is 275 cm³/mol. The average molecular weight is 960 g/mol. The number of phenols is 2. The summed E-state index contributed by atoms with van der Waals surface area (Å²) in [7, 11) is 0. The molecular weight excluding hydrogens is 904 g/mol. The van der Waals surface area contributed by atoms with Crippen LogP contribution in [0.15, 0.2) is 170 Å². The molecule has 8 aromatic carbocycles. The van der Waals surface area contributed by atoms with Crippen LogP contribution in [0.1, 0.15) is 36.8 Å². The minimum Gasteiger partial charge on any atom is -0.505 e. The summed E-state index contributed by atoms with van der Waals surface area (Å²) in [5.41, 5.74) is 11.0. The van der Waals surface area contributed by atoms with Gasteiger partial charge in [-0.05, 0) is 110 Å². The van der Waals surface area contributed by atoms with Gasteiger partial charge in [-0.1, -0.05) is 122 Å². The van der Waals surface area contributed by atoms with E-state index in [-0.39, 0.29) is 64.4 Å². The number of hydrogen-bond donors (Lipinski definition) is 2. The zero-order valence-corrected chi connectivity index (χ0v) is 41.1. The Kier molecular flexibility index (Phi) is 13.8. The standard InChI is InChI=1S/C58H50N2O4.2CH3.Zr/c1-37-31-47(57(61)53(33-37)59-49-25-11-5-19-41(49)42-20-6-12-26-50(42)59)45-23-9-15-29-55(45)63-35-39-17-3-4-18-40(39)36-64-56-30-16-10-24-46(56)48-32-38(2)34-54(58(48)62)60-51-27-13-7-21-43(51)44-22-8-14-28-52(44)60;;;/h5-16,19-34,39-40,61-62H,3-4,17-18,35-36H2,1-2H3;2*1H3;/q;2*-1;+2/t39-,40-;;;/m0.../s1. The van der Waals surface area contributed by atoms with E-state index in [4.69, 9.17) is 9.47 Å². The Bertz CT molecular complexity index is 3050. The summed E-state index contributed by atoms with van der Waals surface area (Å²) in [4.78, 5) is 0. The Hall–Kier alpha value is -6.56. The first-order valence-electron chi connectivity index (χ1n) is 22.5. The van der Waals surface area contributed by atoms with Gasteiger partial charge >= 0.3 is 26.2 Å². The molecule has 2 heterocycles. The molecule has 11 rings (SSSR count). The Morgan fingerprint density at radius 1 is 0.433 bits per heavy atom. The second kappa shape index (κ2) is 19.7. The second-order valence-corrected chi connectivity index (χ2v) is 17.5. The molecule has 0 bridgehead atoms. The van der Waals surface area contributed by atoms with Crippen LogP contribution in [0.5, 0.6) is 23.0 Å². The third-order valence-corrected chi connectivity index (χ3v) is 13.4. The summed E-state index contributed by atoms with van der Waals surface area (Å²) in [6, 6.07) is 57.9. The van der Waals surface area contributed by atoms with E-state index in [0.29, 0.717) is 13.2 Å².